The number of carbonyl (C=O) groups excluding carboxylic acids is 1. The van der Waals surface area contributed by atoms with E-state index in [1.165, 1.54) is 14.2 Å². The van der Waals surface area contributed by atoms with E-state index in [1.807, 2.05) is 50.2 Å². The van der Waals surface area contributed by atoms with Gasteiger partial charge < -0.3 is 14.4 Å². The van der Waals surface area contributed by atoms with Gasteiger partial charge in [-0.15, -0.1) is 0 Å². The summed E-state index contributed by atoms with van der Waals surface area (Å²) in [5, 5.41) is 7.84. The van der Waals surface area contributed by atoms with Crippen LogP contribution in [0.2, 0.25) is 0 Å². The zero-order valence-electron chi connectivity index (χ0n) is 15.4. The number of methoxy groups -OCH3 is 1. The van der Waals surface area contributed by atoms with E-state index in [1.54, 1.807) is 12.3 Å². The number of carbonyl (C=O) groups is 1. The molecule has 2 rings (SSSR count). The van der Waals surface area contributed by atoms with E-state index in [-0.39, 0.29) is 12.3 Å². The van der Waals surface area contributed by atoms with E-state index in [2.05, 4.69) is 10.3 Å². The van der Waals surface area contributed by atoms with E-state index in [0.717, 1.165) is 22.3 Å². The average molecular weight is 354 g/mol. The second kappa shape index (κ2) is 9.36. The minimum Gasteiger partial charge on any atom is -0.464 e. The second-order valence-corrected chi connectivity index (χ2v) is 5.58. The van der Waals surface area contributed by atoms with Gasteiger partial charge in [-0.2, -0.15) is 0 Å². The number of benzene rings is 2. The highest BCUT2D eigenvalue weighted by Crippen LogP contribution is 2.18. The molecule has 0 amide bonds. The number of hydrogen-bond acceptors (Lipinski definition) is 6. The van der Waals surface area contributed by atoms with Gasteiger partial charge in [-0.1, -0.05) is 52.8 Å². The highest BCUT2D eigenvalue weighted by molar-refractivity contribution is 6.43. The van der Waals surface area contributed by atoms with Crippen LogP contribution in [0.25, 0.3) is 0 Å². The Hall–Kier alpha value is -3.15. The molecule has 0 fully saturated rings. The first-order chi connectivity index (χ1) is 12.6. The number of aryl methyl sites for hydroxylation is 2. The third-order valence-corrected chi connectivity index (χ3v) is 3.89. The Morgan fingerprint density at radius 3 is 2.46 bits per heavy atom. The molecule has 0 radical (unpaired) electrons. The average Bonchev–Trinajstić information content (AvgIpc) is 2.65. The zero-order valence-corrected chi connectivity index (χ0v) is 15.4. The normalized spacial score (nSPS) is 11.5. The van der Waals surface area contributed by atoms with Crippen LogP contribution in [0.1, 0.15) is 27.8 Å². The molecule has 0 N–H and O–H groups in total. The number of nitrogens with zero attached hydrogens (tertiary/aromatic N) is 2. The summed E-state index contributed by atoms with van der Waals surface area (Å²) in [6.07, 6.45) is 1.66. The van der Waals surface area contributed by atoms with Crippen LogP contribution >= 0.6 is 0 Å². The molecule has 0 aliphatic rings. The molecule has 2 aromatic carbocycles. The van der Waals surface area contributed by atoms with E-state index in [9.17, 15) is 4.79 Å². The van der Waals surface area contributed by atoms with Crippen LogP contribution in [0.3, 0.4) is 0 Å². The van der Waals surface area contributed by atoms with Gasteiger partial charge in [0.25, 0.3) is 0 Å². The predicted molar refractivity (Wildman–Crippen MR) is 100 cm³/mol. The highest BCUT2D eigenvalue weighted by Gasteiger charge is 2.20. The third-order valence-electron chi connectivity index (χ3n) is 3.89. The molecule has 0 spiro atoms. The molecule has 2 aromatic rings. The maximum Gasteiger partial charge on any atom is 0.360 e. The van der Waals surface area contributed by atoms with Crippen molar-refractivity contribution < 1.29 is 19.2 Å². The smallest absolute Gasteiger partial charge is 0.360 e. The molecule has 0 atom stereocenters. The molecule has 0 bridgehead atoms. The molecule has 26 heavy (non-hydrogen) atoms. The van der Waals surface area contributed by atoms with Crippen molar-refractivity contribution in [1.82, 2.24) is 0 Å². The number of esters is 1. The molecule has 136 valence electrons. The highest BCUT2D eigenvalue weighted by atomic mass is 16.6. The fraction of sp³-hybridized carbons (Fsp3) is 0.250. The third kappa shape index (κ3) is 4.69. The standard InChI is InChI=1S/C20H22N2O4/c1-14-8-5-6-10-16(14)12-21-26-13-18-15(2)9-7-11-17(18)19(22-25-4)20(23)24-3/h5-12H,13H2,1-4H3/b21-12+,22-19+. The Balaban J connectivity index is 2.23. The van der Waals surface area contributed by atoms with Crippen LogP contribution in [0.15, 0.2) is 52.8 Å². The summed E-state index contributed by atoms with van der Waals surface area (Å²) in [5.74, 6) is -0.581. The molecular formula is C20H22N2O4. The van der Waals surface area contributed by atoms with Gasteiger partial charge in [-0.3, -0.25) is 0 Å². The van der Waals surface area contributed by atoms with Gasteiger partial charge in [0, 0.05) is 11.1 Å². The van der Waals surface area contributed by atoms with E-state index in [4.69, 9.17) is 14.4 Å². The molecule has 0 saturated heterocycles. The Kier molecular flexibility index (Phi) is 6.91. The predicted octanol–water partition coefficient (Wildman–Crippen LogP) is 3.38. The van der Waals surface area contributed by atoms with Gasteiger partial charge in [0.05, 0.1) is 13.3 Å². The summed E-state index contributed by atoms with van der Waals surface area (Å²) in [6, 6.07) is 13.4. The zero-order chi connectivity index (χ0) is 18.9. The first-order valence-corrected chi connectivity index (χ1v) is 8.07. The molecule has 0 unspecified atom stereocenters. The van der Waals surface area contributed by atoms with Crippen LogP contribution in [-0.2, 0) is 25.8 Å². The van der Waals surface area contributed by atoms with Crippen molar-refractivity contribution in [3.63, 3.8) is 0 Å². The van der Waals surface area contributed by atoms with Gasteiger partial charge in [0.2, 0.25) is 0 Å². The van der Waals surface area contributed by atoms with Gasteiger partial charge >= 0.3 is 5.97 Å². The van der Waals surface area contributed by atoms with Crippen LogP contribution in [-0.4, -0.2) is 32.1 Å². The Labute approximate surface area is 153 Å². The number of ether oxygens (including phenoxy) is 1. The summed E-state index contributed by atoms with van der Waals surface area (Å²) in [6.45, 7) is 4.11. The van der Waals surface area contributed by atoms with Crippen molar-refractivity contribution in [3.8, 4) is 0 Å². The monoisotopic (exact) mass is 354 g/mol. The molecule has 0 heterocycles. The largest absolute Gasteiger partial charge is 0.464 e. The minimum atomic E-state index is -0.581. The molecule has 0 saturated carbocycles. The lowest BCUT2D eigenvalue weighted by atomic mass is 9.99. The molecule has 0 aromatic heterocycles. The quantitative estimate of drug-likeness (QED) is 0.434. The maximum absolute atomic E-state index is 12.0. The number of rotatable bonds is 7. The van der Waals surface area contributed by atoms with Gasteiger partial charge in [0.15, 0.2) is 5.71 Å². The Morgan fingerprint density at radius 2 is 1.77 bits per heavy atom. The van der Waals surface area contributed by atoms with Crippen molar-refractivity contribution in [2.45, 2.75) is 20.5 Å². The van der Waals surface area contributed by atoms with Gasteiger partial charge in [-0.25, -0.2) is 4.79 Å². The van der Waals surface area contributed by atoms with Crippen LogP contribution in [0, 0.1) is 13.8 Å². The van der Waals surface area contributed by atoms with Crippen molar-refractivity contribution in [2.75, 3.05) is 14.2 Å². The van der Waals surface area contributed by atoms with Crippen LogP contribution in [0.5, 0.6) is 0 Å². The summed E-state index contributed by atoms with van der Waals surface area (Å²) in [4.78, 5) is 22.3. The SMILES string of the molecule is CO/N=C(/C(=O)OC)c1cccc(C)c1CO/N=C/c1ccccc1C. The summed E-state index contributed by atoms with van der Waals surface area (Å²) >= 11 is 0. The molecular weight excluding hydrogens is 332 g/mol. The minimum absolute atomic E-state index is 0.0835. The second-order valence-electron chi connectivity index (χ2n) is 5.58. The molecule has 6 heteroatoms. The van der Waals surface area contributed by atoms with Crippen molar-refractivity contribution in [2.24, 2.45) is 10.3 Å². The molecule has 6 nitrogen and oxygen atoms in total. The summed E-state index contributed by atoms with van der Waals surface area (Å²) in [5.41, 5.74) is 4.49. The summed E-state index contributed by atoms with van der Waals surface area (Å²) in [7, 11) is 2.67. The van der Waals surface area contributed by atoms with Gasteiger partial charge in [-0.05, 0) is 30.5 Å². The fourth-order valence-corrected chi connectivity index (χ4v) is 2.43. The lowest BCUT2D eigenvalue weighted by molar-refractivity contribution is -0.132. The Bertz CT molecular complexity index is 828. The van der Waals surface area contributed by atoms with Crippen LogP contribution in [0.4, 0.5) is 0 Å². The molecule has 0 aliphatic heterocycles. The fourth-order valence-electron chi connectivity index (χ4n) is 2.43. The van der Waals surface area contributed by atoms with Crippen LogP contribution < -0.4 is 0 Å². The first-order valence-electron chi connectivity index (χ1n) is 8.07. The Morgan fingerprint density at radius 1 is 1.04 bits per heavy atom. The lowest BCUT2D eigenvalue weighted by Gasteiger charge is -2.12. The van der Waals surface area contributed by atoms with Gasteiger partial charge in [0.1, 0.15) is 13.7 Å². The topological polar surface area (TPSA) is 69.5 Å². The number of oxime groups is 2. The van der Waals surface area contributed by atoms with E-state index < -0.39 is 5.97 Å². The van der Waals surface area contributed by atoms with E-state index in [0.29, 0.717) is 5.56 Å². The number of hydrogen-bond donors (Lipinski definition) is 0. The maximum atomic E-state index is 12.0. The first kappa shape index (κ1) is 19.2. The van der Waals surface area contributed by atoms with E-state index >= 15 is 0 Å². The molecule has 0 aliphatic carbocycles. The summed E-state index contributed by atoms with van der Waals surface area (Å²) < 4.78 is 4.79. The van der Waals surface area contributed by atoms with Crippen molar-refractivity contribution in [3.05, 3.63) is 70.3 Å². The van der Waals surface area contributed by atoms with Crippen molar-refractivity contribution >= 4 is 17.9 Å². The van der Waals surface area contributed by atoms with Crippen molar-refractivity contribution in [1.29, 1.82) is 0 Å². The lowest BCUT2D eigenvalue weighted by Crippen LogP contribution is -2.20.